The van der Waals surface area contributed by atoms with Crippen LogP contribution in [0.4, 0.5) is 10.5 Å². The van der Waals surface area contributed by atoms with Crippen molar-refractivity contribution < 1.29 is 24.3 Å². The van der Waals surface area contributed by atoms with Gasteiger partial charge in [0, 0.05) is 12.1 Å². The number of nitro groups is 1. The molecule has 0 saturated heterocycles. The number of hydrogen-bond donors (Lipinski definition) is 1. The van der Waals surface area contributed by atoms with Gasteiger partial charge in [-0.25, -0.2) is 4.79 Å². The second-order valence-electron chi connectivity index (χ2n) is 6.43. The monoisotopic (exact) mass is 385 g/mol. The molecule has 2 aromatic carbocycles. The second kappa shape index (κ2) is 9.55. The Hall–Kier alpha value is -3.35. The highest BCUT2D eigenvalue weighted by molar-refractivity contribution is 5.77. The number of aryl methyl sites for hydroxylation is 1. The van der Waals surface area contributed by atoms with Crippen molar-refractivity contribution in [3.63, 3.8) is 0 Å². The maximum absolute atomic E-state index is 12.2. The second-order valence-corrected chi connectivity index (χ2v) is 6.43. The van der Waals surface area contributed by atoms with Crippen LogP contribution in [0.25, 0.3) is 5.57 Å². The summed E-state index contributed by atoms with van der Waals surface area (Å²) in [6.45, 7) is 7.61. The number of phenolic OH excluding ortho intramolecular Hbond substituents is 1. The standard InChI is InChI=1S/C21H23NO6/c1-4-5-6-7-15-12-18(23)20(14(2)3)19(13-15)28-21(24)27-17-10-8-16(9-11-17)22(25)26/h8-13,23H,2,4-7H2,1,3H3. The molecule has 28 heavy (non-hydrogen) atoms. The van der Waals surface area contributed by atoms with Crippen LogP contribution in [-0.4, -0.2) is 16.2 Å². The molecular formula is C21H23NO6. The average molecular weight is 385 g/mol. The van der Waals surface area contributed by atoms with Crippen LogP contribution in [0.3, 0.4) is 0 Å². The van der Waals surface area contributed by atoms with E-state index in [1.54, 1.807) is 19.1 Å². The number of benzene rings is 2. The fraction of sp³-hybridized carbons (Fsp3) is 0.286. The molecule has 7 heteroatoms. The molecule has 0 aliphatic carbocycles. The number of nitro benzene ring substituents is 1. The summed E-state index contributed by atoms with van der Waals surface area (Å²) in [6, 6.07) is 8.39. The van der Waals surface area contributed by atoms with Crippen molar-refractivity contribution in [1.29, 1.82) is 0 Å². The van der Waals surface area contributed by atoms with Crippen LogP contribution in [0.1, 0.15) is 44.2 Å². The van der Waals surface area contributed by atoms with Crippen LogP contribution in [0.2, 0.25) is 0 Å². The average Bonchev–Trinajstić information content (AvgIpc) is 2.61. The molecule has 0 spiro atoms. The third-order valence-corrected chi connectivity index (χ3v) is 4.08. The third kappa shape index (κ3) is 5.57. The summed E-state index contributed by atoms with van der Waals surface area (Å²) in [4.78, 5) is 22.3. The van der Waals surface area contributed by atoms with Crippen LogP contribution < -0.4 is 9.47 Å². The molecule has 2 rings (SSSR count). The Balaban J connectivity index is 2.18. The molecule has 0 atom stereocenters. The fourth-order valence-corrected chi connectivity index (χ4v) is 2.73. The van der Waals surface area contributed by atoms with Gasteiger partial charge in [-0.05, 0) is 55.2 Å². The summed E-state index contributed by atoms with van der Waals surface area (Å²) in [5.74, 6) is 0.251. The molecule has 0 fully saturated rings. The minimum Gasteiger partial charge on any atom is -0.507 e. The van der Waals surface area contributed by atoms with E-state index in [0.717, 1.165) is 31.2 Å². The van der Waals surface area contributed by atoms with Gasteiger partial charge in [-0.3, -0.25) is 10.1 Å². The molecule has 0 radical (unpaired) electrons. The van der Waals surface area contributed by atoms with Crippen molar-refractivity contribution in [2.24, 2.45) is 0 Å². The lowest BCUT2D eigenvalue weighted by Crippen LogP contribution is -2.15. The normalized spacial score (nSPS) is 10.4. The van der Waals surface area contributed by atoms with Crippen molar-refractivity contribution in [2.45, 2.75) is 39.5 Å². The highest BCUT2D eigenvalue weighted by Crippen LogP contribution is 2.35. The van der Waals surface area contributed by atoms with Gasteiger partial charge < -0.3 is 14.6 Å². The number of nitrogens with zero attached hydrogens (tertiary/aromatic N) is 1. The molecule has 0 aliphatic heterocycles. The smallest absolute Gasteiger partial charge is 0.507 e. The fourth-order valence-electron chi connectivity index (χ4n) is 2.73. The minimum atomic E-state index is -1.01. The Bertz CT molecular complexity index is 873. The van der Waals surface area contributed by atoms with E-state index in [4.69, 9.17) is 9.47 Å². The van der Waals surface area contributed by atoms with E-state index in [1.165, 1.54) is 24.3 Å². The van der Waals surface area contributed by atoms with E-state index in [1.807, 2.05) is 0 Å². The SMILES string of the molecule is C=C(C)c1c(O)cc(CCCCC)cc1OC(=O)Oc1ccc([N+](=O)[O-])cc1. The van der Waals surface area contributed by atoms with E-state index in [-0.39, 0.29) is 22.9 Å². The first-order valence-corrected chi connectivity index (χ1v) is 8.97. The summed E-state index contributed by atoms with van der Waals surface area (Å²) >= 11 is 0. The largest absolute Gasteiger partial charge is 0.519 e. The number of unbranched alkanes of at least 4 members (excludes halogenated alkanes) is 2. The summed E-state index contributed by atoms with van der Waals surface area (Å²) < 4.78 is 10.4. The van der Waals surface area contributed by atoms with Crippen LogP contribution >= 0.6 is 0 Å². The zero-order valence-electron chi connectivity index (χ0n) is 15.9. The number of carbonyl (C=O) groups is 1. The van der Waals surface area contributed by atoms with E-state index in [9.17, 15) is 20.0 Å². The summed E-state index contributed by atoms with van der Waals surface area (Å²) in [5, 5.41) is 21.0. The third-order valence-electron chi connectivity index (χ3n) is 4.08. The predicted octanol–water partition coefficient (Wildman–Crippen LogP) is 5.64. The molecular weight excluding hydrogens is 362 g/mol. The van der Waals surface area contributed by atoms with Crippen molar-refractivity contribution in [3.8, 4) is 17.2 Å². The van der Waals surface area contributed by atoms with Crippen molar-refractivity contribution in [3.05, 3.63) is 64.2 Å². The lowest BCUT2D eigenvalue weighted by atomic mass is 10.0. The number of allylic oxidation sites excluding steroid dienone is 1. The van der Waals surface area contributed by atoms with Gasteiger partial charge in [-0.2, -0.15) is 0 Å². The molecule has 0 aliphatic rings. The molecule has 1 N–H and O–H groups in total. The molecule has 0 heterocycles. The highest BCUT2D eigenvalue weighted by atomic mass is 16.7. The first-order valence-electron chi connectivity index (χ1n) is 8.97. The molecule has 7 nitrogen and oxygen atoms in total. The Kier molecular flexibility index (Phi) is 7.14. The Morgan fingerprint density at radius 2 is 1.86 bits per heavy atom. The van der Waals surface area contributed by atoms with E-state index < -0.39 is 11.1 Å². The summed E-state index contributed by atoms with van der Waals surface area (Å²) in [5.41, 5.74) is 1.60. The van der Waals surface area contributed by atoms with E-state index >= 15 is 0 Å². The van der Waals surface area contributed by atoms with E-state index in [2.05, 4.69) is 13.5 Å². The Morgan fingerprint density at radius 1 is 1.18 bits per heavy atom. The van der Waals surface area contributed by atoms with Gasteiger partial charge in [0.25, 0.3) is 5.69 Å². The maximum atomic E-state index is 12.2. The van der Waals surface area contributed by atoms with Gasteiger partial charge in [0.2, 0.25) is 0 Å². The highest BCUT2D eigenvalue weighted by Gasteiger charge is 2.17. The van der Waals surface area contributed by atoms with Crippen molar-refractivity contribution in [2.75, 3.05) is 0 Å². The number of carbonyl (C=O) groups excluding carboxylic acids is 1. The molecule has 0 saturated carbocycles. The maximum Gasteiger partial charge on any atom is 0.519 e. The van der Waals surface area contributed by atoms with Crippen LogP contribution in [0.15, 0.2) is 43.0 Å². The summed E-state index contributed by atoms with van der Waals surface area (Å²) in [7, 11) is 0. The number of rotatable bonds is 8. The molecule has 2 aromatic rings. The van der Waals surface area contributed by atoms with Crippen molar-refractivity contribution >= 4 is 17.4 Å². The quantitative estimate of drug-likeness (QED) is 0.207. The Labute approximate surface area is 163 Å². The zero-order valence-corrected chi connectivity index (χ0v) is 15.9. The van der Waals surface area contributed by atoms with Gasteiger partial charge in [0.1, 0.15) is 17.2 Å². The number of hydrogen-bond acceptors (Lipinski definition) is 6. The van der Waals surface area contributed by atoms with Crippen molar-refractivity contribution in [1.82, 2.24) is 0 Å². The van der Waals surface area contributed by atoms with Gasteiger partial charge in [0.05, 0.1) is 10.5 Å². The number of phenols is 1. The molecule has 0 bridgehead atoms. The van der Waals surface area contributed by atoms with Gasteiger partial charge in [-0.1, -0.05) is 26.3 Å². The Morgan fingerprint density at radius 3 is 2.43 bits per heavy atom. The van der Waals surface area contributed by atoms with E-state index in [0.29, 0.717) is 11.1 Å². The first-order chi connectivity index (χ1) is 13.3. The van der Waals surface area contributed by atoms with Gasteiger partial charge in [-0.15, -0.1) is 0 Å². The molecule has 0 unspecified atom stereocenters. The number of ether oxygens (including phenoxy) is 2. The first kappa shape index (κ1) is 21.0. The zero-order chi connectivity index (χ0) is 20.7. The predicted molar refractivity (Wildman–Crippen MR) is 106 cm³/mol. The lowest BCUT2D eigenvalue weighted by molar-refractivity contribution is -0.384. The number of aromatic hydroxyl groups is 1. The van der Waals surface area contributed by atoms with Crippen LogP contribution in [0.5, 0.6) is 17.2 Å². The molecule has 0 amide bonds. The minimum absolute atomic E-state index is 0.0142. The topological polar surface area (TPSA) is 98.9 Å². The number of non-ortho nitro benzene ring substituents is 1. The van der Waals surface area contributed by atoms with Crippen LogP contribution in [-0.2, 0) is 6.42 Å². The molecule has 0 aromatic heterocycles. The van der Waals surface area contributed by atoms with Crippen LogP contribution in [0, 0.1) is 10.1 Å². The molecule has 148 valence electrons. The lowest BCUT2D eigenvalue weighted by Gasteiger charge is -2.14. The van der Waals surface area contributed by atoms with Gasteiger partial charge >= 0.3 is 6.16 Å². The summed E-state index contributed by atoms with van der Waals surface area (Å²) in [6.07, 6.45) is 2.81. The van der Waals surface area contributed by atoms with Gasteiger partial charge in [0.15, 0.2) is 0 Å².